The summed E-state index contributed by atoms with van der Waals surface area (Å²) in [5.74, 6) is 0. The monoisotopic (exact) mass is 187 g/mol. The summed E-state index contributed by atoms with van der Waals surface area (Å²) in [4.78, 5) is 6.07. The molecule has 0 amide bonds. The average molecular weight is 187 g/mol. The quantitative estimate of drug-likeness (QED) is 0.676. The van der Waals surface area contributed by atoms with Crippen LogP contribution in [-0.2, 0) is 0 Å². The standard InChI is InChI=1S/C11H13N3/c1-3-8-14(4-2)11-6-5-7-13-10(11)9-12/h3,5-7H,1,4,8H2,2H3. The number of rotatable bonds is 4. The van der Waals surface area contributed by atoms with Crippen molar-refractivity contribution < 1.29 is 0 Å². The van der Waals surface area contributed by atoms with Gasteiger partial charge >= 0.3 is 0 Å². The second-order valence-electron chi connectivity index (χ2n) is 2.81. The molecule has 1 aromatic heterocycles. The van der Waals surface area contributed by atoms with Crippen molar-refractivity contribution in [3.63, 3.8) is 0 Å². The van der Waals surface area contributed by atoms with Crippen molar-refractivity contribution in [3.8, 4) is 6.07 Å². The number of hydrogen-bond donors (Lipinski definition) is 0. The zero-order chi connectivity index (χ0) is 10.4. The molecule has 0 aliphatic heterocycles. The minimum Gasteiger partial charge on any atom is -0.366 e. The van der Waals surface area contributed by atoms with E-state index in [2.05, 4.69) is 22.5 Å². The van der Waals surface area contributed by atoms with Gasteiger partial charge in [-0.1, -0.05) is 6.08 Å². The molecule has 14 heavy (non-hydrogen) atoms. The van der Waals surface area contributed by atoms with Gasteiger partial charge in [-0.05, 0) is 19.1 Å². The maximum absolute atomic E-state index is 8.87. The number of nitrogens with zero attached hydrogens (tertiary/aromatic N) is 3. The lowest BCUT2D eigenvalue weighted by molar-refractivity contribution is 0.898. The topological polar surface area (TPSA) is 39.9 Å². The third kappa shape index (κ3) is 2.11. The number of anilines is 1. The van der Waals surface area contributed by atoms with Crippen LogP contribution in [0.5, 0.6) is 0 Å². The molecule has 3 nitrogen and oxygen atoms in total. The van der Waals surface area contributed by atoms with Crippen LogP contribution in [0.3, 0.4) is 0 Å². The minimum atomic E-state index is 0.469. The summed E-state index contributed by atoms with van der Waals surface area (Å²) in [5, 5.41) is 8.87. The first-order valence-corrected chi connectivity index (χ1v) is 4.54. The zero-order valence-electron chi connectivity index (χ0n) is 8.27. The molecule has 0 N–H and O–H groups in total. The fourth-order valence-corrected chi connectivity index (χ4v) is 1.29. The number of aromatic nitrogens is 1. The van der Waals surface area contributed by atoms with E-state index in [1.807, 2.05) is 25.1 Å². The van der Waals surface area contributed by atoms with Crippen molar-refractivity contribution in [1.29, 1.82) is 5.26 Å². The Kier molecular flexibility index (Phi) is 3.69. The molecule has 0 aliphatic rings. The van der Waals surface area contributed by atoms with Gasteiger partial charge < -0.3 is 4.90 Å². The Hall–Kier alpha value is -1.82. The van der Waals surface area contributed by atoms with Crippen molar-refractivity contribution >= 4 is 5.69 Å². The van der Waals surface area contributed by atoms with E-state index < -0.39 is 0 Å². The van der Waals surface area contributed by atoms with Crippen LogP contribution in [0.4, 0.5) is 5.69 Å². The van der Waals surface area contributed by atoms with E-state index in [0.29, 0.717) is 5.69 Å². The summed E-state index contributed by atoms with van der Waals surface area (Å²) in [6, 6.07) is 5.82. The molecule has 0 saturated carbocycles. The molecule has 1 rings (SSSR count). The molecule has 0 saturated heterocycles. The second-order valence-corrected chi connectivity index (χ2v) is 2.81. The Morgan fingerprint density at radius 3 is 3.07 bits per heavy atom. The molecule has 3 heteroatoms. The Morgan fingerprint density at radius 2 is 2.50 bits per heavy atom. The van der Waals surface area contributed by atoms with Crippen LogP contribution in [0.15, 0.2) is 31.0 Å². The van der Waals surface area contributed by atoms with Gasteiger partial charge in [0.2, 0.25) is 0 Å². The van der Waals surface area contributed by atoms with Crippen LogP contribution in [-0.4, -0.2) is 18.1 Å². The number of hydrogen-bond acceptors (Lipinski definition) is 3. The van der Waals surface area contributed by atoms with E-state index in [4.69, 9.17) is 5.26 Å². The molecule has 0 bridgehead atoms. The largest absolute Gasteiger partial charge is 0.366 e. The highest BCUT2D eigenvalue weighted by Gasteiger charge is 2.07. The molecule has 0 unspecified atom stereocenters. The Balaban J connectivity index is 3.03. The van der Waals surface area contributed by atoms with Gasteiger partial charge in [0.15, 0.2) is 5.69 Å². The van der Waals surface area contributed by atoms with E-state index >= 15 is 0 Å². The maximum Gasteiger partial charge on any atom is 0.163 e. The fraction of sp³-hybridized carbons (Fsp3) is 0.273. The molecule has 72 valence electrons. The SMILES string of the molecule is C=CCN(CC)c1cccnc1C#N. The van der Waals surface area contributed by atoms with Crippen molar-refractivity contribution in [2.24, 2.45) is 0 Å². The minimum absolute atomic E-state index is 0.469. The summed E-state index contributed by atoms with van der Waals surface area (Å²) in [5.41, 5.74) is 1.34. The van der Waals surface area contributed by atoms with Gasteiger partial charge in [0.05, 0.1) is 5.69 Å². The van der Waals surface area contributed by atoms with Crippen molar-refractivity contribution in [2.45, 2.75) is 6.92 Å². The third-order valence-electron chi connectivity index (χ3n) is 1.96. The first-order chi connectivity index (χ1) is 6.83. The van der Waals surface area contributed by atoms with Gasteiger partial charge in [-0.15, -0.1) is 6.58 Å². The molecular weight excluding hydrogens is 174 g/mol. The predicted molar refractivity (Wildman–Crippen MR) is 57.0 cm³/mol. The zero-order valence-corrected chi connectivity index (χ0v) is 8.27. The van der Waals surface area contributed by atoms with E-state index in [-0.39, 0.29) is 0 Å². The highest BCUT2D eigenvalue weighted by atomic mass is 15.1. The molecule has 0 radical (unpaired) electrons. The Bertz CT molecular complexity index is 352. The summed E-state index contributed by atoms with van der Waals surface area (Å²) >= 11 is 0. The molecule has 0 spiro atoms. The molecule has 0 aromatic carbocycles. The van der Waals surface area contributed by atoms with Gasteiger partial charge in [0, 0.05) is 19.3 Å². The van der Waals surface area contributed by atoms with Crippen LogP contribution in [0.25, 0.3) is 0 Å². The maximum atomic E-state index is 8.87. The smallest absolute Gasteiger partial charge is 0.163 e. The predicted octanol–water partition coefficient (Wildman–Crippen LogP) is 1.97. The molecule has 1 aromatic rings. The van der Waals surface area contributed by atoms with E-state index in [1.54, 1.807) is 6.20 Å². The van der Waals surface area contributed by atoms with Gasteiger partial charge in [-0.25, -0.2) is 4.98 Å². The van der Waals surface area contributed by atoms with Crippen LogP contribution < -0.4 is 4.90 Å². The summed E-state index contributed by atoms with van der Waals surface area (Å²) in [7, 11) is 0. The van der Waals surface area contributed by atoms with Crippen molar-refractivity contribution in [1.82, 2.24) is 4.98 Å². The van der Waals surface area contributed by atoms with Gasteiger partial charge in [-0.2, -0.15) is 5.26 Å². The summed E-state index contributed by atoms with van der Waals surface area (Å²) in [6.45, 7) is 7.30. The fourth-order valence-electron chi connectivity index (χ4n) is 1.29. The van der Waals surface area contributed by atoms with E-state index in [1.165, 1.54) is 0 Å². The number of pyridine rings is 1. The third-order valence-corrected chi connectivity index (χ3v) is 1.96. The van der Waals surface area contributed by atoms with Gasteiger partial charge in [0.25, 0.3) is 0 Å². The molecule has 0 aliphatic carbocycles. The Labute approximate surface area is 84.3 Å². The van der Waals surface area contributed by atoms with Gasteiger partial charge in [-0.3, -0.25) is 0 Å². The average Bonchev–Trinajstić information content (AvgIpc) is 2.26. The lowest BCUT2D eigenvalue weighted by Gasteiger charge is -2.21. The van der Waals surface area contributed by atoms with Crippen LogP contribution >= 0.6 is 0 Å². The molecule has 0 fully saturated rings. The Morgan fingerprint density at radius 1 is 1.71 bits per heavy atom. The summed E-state index contributed by atoms with van der Waals surface area (Å²) in [6.07, 6.45) is 3.45. The first-order valence-electron chi connectivity index (χ1n) is 4.54. The molecule has 0 atom stereocenters. The summed E-state index contributed by atoms with van der Waals surface area (Å²) < 4.78 is 0. The molecule has 1 heterocycles. The van der Waals surface area contributed by atoms with Crippen LogP contribution in [0.1, 0.15) is 12.6 Å². The van der Waals surface area contributed by atoms with E-state index in [0.717, 1.165) is 18.8 Å². The second kappa shape index (κ2) is 5.03. The lowest BCUT2D eigenvalue weighted by atomic mass is 10.2. The highest BCUT2D eigenvalue weighted by molar-refractivity contribution is 5.55. The van der Waals surface area contributed by atoms with Crippen LogP contribution in [0, 0.1) is 11.3 Å². The highest BCUT2D eigenvalue weighted by Crippen LogP contribution is 2.16. The van der Waals surface area contributed by atoms with Crippen LogP contribution in [0.2, 0.25) is 0 Å². The van der Waals surface area contributed by atoms with Gasteiger partial charge in [0.1, 0.15) is 6.07 Å². The van der Waals surface area contributed by atoms with Crippen molar-refractivity contribution in [2.75, 3.05) is 18.0 Å². The first kappa shape index (κ1) is 10.3. The normalized spacial score (nSPS) is 9.14. The van der Waals surface area contributed by atoms with E-state index in [9.17, 15) is 0 Å². The van der Waals surface area contributed by atoms with Crippen molar-refractivity contribution in [3.05, 3.63) is 36.7 Å². The lowest BCUT2D eigenvalue weighted by Crippen LogP contribution is -2.23. The number of likely N-dealkylation sites (N-methyl/N-ethyl adjacent to an activating group) is 1. The number of nitriles is 1. The molecular formula is C11H13N3.